The molecule has 244 valence electrons. The number of anilines is 3. The number of halogens is 5. The number of hydrogen-bond donors (Lipinski definition) is 2. The number of fused-ring (bicyclic) bond motifs is 2. The van der Waals surface area contributed by atoms with E-state index in [1.54, 1.807) is 36.2 Å². The van der Waals surface area contributed by atoms with Gasteiger partial charge in [0.25, 0.3) is 0 Å². The first-order valence-corrected chi connectivity index (χ1v) is 15.8. The number of aromatic nitrogens is 3. The normalized spacial score (nSPS) is 17.4. The van der Waals surface area contributed by atoms with Crippen molar-refractivity contribution >= 4 is 60.6 Å². The molecule has 1 aliphatic rings. The third-order valence-corrected chi connectivity index (χ3v) is 10.1. The number of nitrogens with zero attached hydrogens (tertiary/aromatic N) is 6. The largest absolute Gasteiger partial charge is 0.462 e. The third-order valence-electron chi connectivity index (χ3n) is 8.76. The van der Waals surface area contributed by atoms with Crippen LogP contribution in [-0.2, 0) is 0 Å². The van der Waals surface area contributed by atoms with Crippen molar-refractivity contribution in [3.8, 4) is 23.2 Å². The lowest BCUT2D eigenvalue weighted by Crippen LogP contribution is -2.31. The summed E-state index contributed by atoms with van der Waals surface area (Å²) in [5.74, 6) is -1.72. The molecular formula is C32H29ClF4N8OS. The molecule has 4 heterocycles. The summed E-state index contributed by atoms with van der Waals surface area (Å²) in [5.41, 5.74) is 12.8. The van der Waals surface area contributed by atoms with E-state index < -0.39 is 30.0 Å². The number of pyridine rings is 1. The van der Waals surface area contributed by atoms with Crippen molar-refractivity contribution in [3.05, 3.63) is 64.3 Å². The molecular weight excluding hydrogens is 656 g/mol. The molecule has 0 bridgehead atoms. The molecule has 6 rings (SSSR count). The molecule has 0 saturated carbocycles. The van der Waals surface area contributed by atoms with Crippen LogP contribution in [0.4, 0.5) is 34.2 Å². The van der Waals surface area contributed by atoms with Gasteiger partial charge < -0.3 is 21.1 Å². The molecule has 15 heteroatoms. The Hall–Kier alpha value is -4.45. The van der Waals surface area contributed by atoms with E-state index in [2.05, 4.69) is 15.0 Å². The maximum atomic E-state index is 16.9. The minimum absolute atomic E-state index is 0.00728. The number of likely N-dealkylation sites (N-methyl/N-ethyl adjacent to an activating group) is 1. The number of nitrogens with two attached hydrogens (primary N) is 2. The molecule has 3 aromatic heterocycles. The molecule has 0 spiro atoms. The van der Waals surface area contributed by atoms with Crippen LogP contribution in [0.25, 0.3) is 32.1 Å². The lowest BCUT2D eigenvalue weighted by Gasteiger charge is -2.28. The first kappa shape index (κ1) is 32.5. The topological polar surface area (TPSA) is 130 Å². The van der Waals surface area contributed by atoms with E-state index in [1.165, 1.54) is 12.1 Å². The fourth-order valence-corrected chi connectivity index (χ4v) is 7.34. The van der Waals surface area contributed by atoms with E-state index in [0.717, 1.165) is 17.4 Å². The van der Waals surface area contributed by atoms with Gasteiger partial charge in [0.15, 0.2) is 5.82 Å². The number of alkyl halides is 2. The van der Waals surface area contributed by atoms with Crippen molar-refractivity contribution in [3.63, 3.8) is 0 Å². The number of nitrogen functional groups attached to an aromatic ring is 2. The average molecular weight is 685 g/mol. The number of likely N-dealkylation sites (tertiary alicyclic amines) is 1. The van der Waals surface area contributed by atoms with Gasteiger partial charge in [-0.1, -0.05) is 23.7 Å². The van der Waals surface area contributed by atoms with Crippen LogP contribution in [0.3, 0.4) is 0 Å². The summed E-state index contributed by atoms with van der Waals surface area (Å²) in [4.78, 5) is 16.8. The highest BCUT2D eigenvalue weighted by Crippen LogP contribution is 2.46. The zero-order valence-corrected chi connectivity index (χ0v) is 27.0. The van der Waals surface area contributed by atoms with Gasteiger partial charge in [-0.2, -0.15) is 15.2 Å². The first-order valence-electron chi connectivity index (χ1n) is 14.6. The second-order valence-corrected chi connectivity index (χ2v) is 13.0. The number of hydrogen-bond acceptors (Lipinski definition) is 10. The first-order chi connectivity index (χ1) is 22.4. The smallest absolute Gasteiger partial charge is 0.319 e. The minimum Gasteiger partial charge on any atom is -0.462 e. The van der Waals surface area contributed by atoms with Crippen molar-refractivity contribution in [2.45, 2.75) is 31.9 Å². The van der Waals surface area contributed by atoms with Crippen LogP contribution in [0.2, 0.25) is 5.02 Å². The summed E-state index contributed by atoms with van der Waals surface area (Å²) >= 11 is 7.66. The number of thiophene rings is 1. The molecule has 2 aromatic carbocycles. The molecule has 1 aliphatic heterocycles. The Morgan fingerprint density at radius 2 is 2.00 bits per heavy atom. The number of ether oxygens (including phenoxy) is 1. The van der Waals surface area contributed by atoms with Gasteiger partial charge in [0.2, 0.25) is 6.43 Å². The van der Waals surface area contributed by atoms with Crippen LogP contribution < -0.4 is 21.1 Å². The Bertz CT molecular complexity index is 2050. The predicted octanol–water partition coefficient (Wildman–Crippen LogP) is 7.04. The minimum atomic E-state index is -2.46. The molecule has 47 heavy (non-hydrogen) atoms. The molecule has 0 radical (unpaired) electrons. The van der Waals surface area contributed by atoms with E-state index >= 15 is 4.39 Å². The van der Waals surface area contributed by atoms with Crippen LogP contribution in [-0.4, -0.2) is 59.6 Å². The molecule has 0 aliphatic carbocycles. The summed E-state index contributed by atoms with van der Waals surface area (Å²) in [6.45, 7) is 2.06. The lowest BCUT2D eigenvalue weighted by atomic mass is 9.97. The van der Waals surface area contributed by atoms with Crippen LogP contribution >= 0.6 is 22.9 Å². The van der Waals surface area contributed by atoms with Crippen molar-refractivity contribution < 1.29 is 22.3 Å². The van der Waals surface area contributed by atoms with Crippen LogP contribution in [0.15, 0.2) is 36.5 Å². The Morgan fingerprint density at radius 3 is 2.68 bits per heavy atom. The third kappa shape index (κ3) is 5.72. The fraction of sp³-hybridized carbons (Fsp3) is 0.312. The predicted molar refractivity (Wildman–Crippen MR) is 176 cm³/mol. The average Bonchev–Trinajstić information content (AvgIpc) is 3.59. The van der Waals surface area contributed by atoms with E-state index in [9.17, 15) is 18.4 Å². The van der Waals surface area contributed by atoms with E-state index in [0.29, 0.717) is 11.4 Å². The van der Waals surface area contributed by atoms with Crippen molar-refractivity contribution in [2.75, 3.05) is 43.6 Å². The van der Waals surface area contributed by atoms with E-state index in [-0.39, 0.29) is 85.1 Å². The highest BCUT2D eigenvalue weighted by atomic mass is 35.5. The summed E-state index contributed by atoms with van der Waals surface area (Å²) in [7, 11) is 3.47. The van der Waals surface area contributed by atoms with Crippen LogP contribution in [0, 0.1) is 28.9 Å². The highest BCUT2D eigenvalue weighted by molar-refractivity contribution is 7.23. The maximum absolute atomic E-state index is 16.9. The Kier molecular flexibility index (Phi) is 8.73. The zero-order valence-electron chi connectivity index (χ0n) is 25.4. The SMILES string of the molecule is C[C@H](c1cccnc1N)N(C)c1nc(OC[C@@H]2C[C@@H](C(F)F)CN2C)nc2c(F)c(-c3ccc(F)c4sc(N)c(C#N)c34)c(Cl)cc12. The number of rotatable bonds is 8. The number of nitriles is 1. The molecule has 3 atom stereocenters. The Labute approximate surface area is 276 Å². The van der Waals surface area contributed by atoms with Crippen molar-refractivity contribution in [1.82, 2.24) is 19.9 Å². The standard InChI is InChI=1S/C32H29ClF4N8OS/c1-14(17-5-4-8-41-29(17)39)45(3)31-19-10-21(33)24(18-6-7-22(34)27-23(18)20(11-38)30(40)47-27)25(35)26(19)42-32(43-31)46-13-16-9-15(28(36)37)12-44(16)2/h4-8,10,14-16,28H,9,12-13,40H2,1-3H3,(H2,39,41)/t14-,15-,16+/m1/s1. The second kappa shape index (κ2) is 12.6. The van der Waals surface area contributed by atoms with Gasteiger partial charge in [-0.05, 0) is 44.2 Å². The quantitative estimate of drug-likeness (QED) is 0.165. The lowest BCUT2D eigenvalue weighted by molar-refractivity contribution is 0.0821. The zero-order chi connectivity index (χ0) is 33.7. The maximum Gasteiger partial charge on any atom is 0.319 e. The Balaban J connectivity index is 1.52. The molecule has 5 aromatic rings. The molecule has 0 amide bonds. The van der Waals surface area contributed by atoms with Gasteiger partial charge in [-0.25, -0.2) is 22.5 Å². The van der Waals surface area contributed by atoms with Gasteiger partial charge >= 0.3 is 6.01 Å². The summed E-state index contributed by atoms with van der Waals surface area (Å²) in [5, 5.41) is 10.2. The number of benzene rings is 2. The van der Waals surface area contributed by atoms with Gasteiger partial charge in [-0.3, -0.25) is 4.90 Å². The monoisotopic (exact) mass is 684 g/mol. The van der Waals surface area contributed by atoms with Crippen molar-refractivity contribution in [1.29, 1.82) is 5.26 Å². The van der Waals surface area contributed by atoms with Gasteiger partial charge in [0.1, 0.15) is 40.6 Å². The van der Waals surface area contributed by atoms with Crippen LogP contribution in [0.5, 0.6) is 6.01 Å². The summed E-state index contributed by atoms with van der Waals surface area (Å²) in [6.07, 6.45) is -0.680. The summed E-state index contributed by atoms with van der Waals surface area (Å²) < 4.78 is 64.6. The van der Waals surface area contributed by atoms with Crippen LogP contribution in [0.1, 0.15) is 30.5 Å². The molecule has 0 unspecified atom stereocenters. The highest BCUT2D eigenvalue weighted by Gasteiger charge is 2.35. The summed E-state index contributed by atoms with van der Waals surface area (Å²) in [6, 6.07) is 8.61. The Morgan fingerprint density at radius 1 is 1.23 bits per heavy atom. The fourth-order valence-electron chi connectivity index (χ4n) is 6.10. The van der Waals surface area contributed by atoms with Gasteiger partial charge in [0.05, 0.1) is 21.3 Å². The molecule has 4 N–H and O–H groups in total. The molecule has 9 nitrogen and oxygen atoms in total. The molecule has 1 saturated heterocycles. The second-order valence-electron chi connectivity index (χ2n) is 11.5. The van der Waals surface area contributed by atoms with E-state index in [4.69, 9.17) is 27.8 Å². The van der Waals surface area contributed by atoms with E-state index in [1.807, 2.05) is 19.1 Å². The van der Waals surface area contributed by atoms with Crippen molar-refractivity contribution in [2.24, 2.45) is 5.92 Å². The van der Waals surface area contributed by atoms with Gasteiger partial charge in [-0.15, -0.1) is 11.3 Å². The molecule has 1 fully saturated rings. The van der Waals surface area contributed by atoms with Gasteiger partial charge in [0, 0.05) is 53.6 Å².